The Morgan fingerprint density at radius 1 is 1.15 bits per heavy atom. The lowest BCUT2D eigenvalue weighted by Gasteiger charge is -2.36. The highest BCUT2D eigenvalue weighted by Crippen LogP contribution is 2.23. The Morgan fingerprint density at radius 3 is 2.25 bits per heavy atom. The third-order valence-corrected chi connectivity index (χ3v) is 4.69. The second kappa shape index (κ2) is 5.72. The van der Waals surface area contributed by atoms with Gasteiger partial charge in [0.25, 0.3) is 10.2 Å². The minimum absolute atomic E-state index is 0.118. The molecule has 2 rings (SSSR count). The molecular weight excluding hydrogens is 288 g/mol. The van der Waals surface area contributed by atoms with Gasteiger partial charge < -0.3 is 0 Å². The lowest BCUT2D eigenvalue weighted by molar-refractivity contribution is 0.145. The number of benzene rings is 1. The maximum atomic E-state index is 13.2. The highest BCUT2D eigenvalue weighted by Gasteiger charge is 2.27. The Labute approximate surface area is 117 Å². The first-order valence-electron chi connectivity index (χ1n) is 6.26. The first kappa shape index (κ1) is 15.3. The summed E-state index contributed by atoms with van der Waals surface area (Å²) >= 11 is 0. The SMILES string of the molecule is CC(c1ccc(F)c(F)c1)N1CCN(S(N)(=O)=O)CC1. The van der Waals surface area contributed by atoms with E-state index in [2.05, 4.69) is 0 Å². The van der Waals surface area contributed by atoms with Crippen LogP contribution in [0, 0.1) is 11.6 Å². The van der Waals surface area contributed by atoms with E-state index in [1.54, 1.807) is 0 Å². The van der Waals surface area contributed by atoms with Crippen molar-refractivity contribution in [3.8, 4) is 0 Å². The molecule has 1 unspecified atom stereocenters. The van der Waals surface area contributed by atoms with Gasteiger partial charge in [0.15, 0.2) is 11.6 Å². The monoisotopic (exact) mass is 305 g/mol. The second-order valence-electron chi connectivity index (χ2n) is 4.83. The Hall–Kier alpha value is -1.09. The molecule has 8 heteroatoms. The van der Waals surface area contributed by atoms with Crippen LogP contribution >= 0.6 is 0 Å². The molecule has 0 spiro atoms. The molecule has 1 aromatic rings. The number of hydrogen-bond acceptors (Lipinski definition) is 3. The van der Waals surface area contributed by atoms with Crippen molar-refractivity contribution in [2.75, 3.05) is 26.2 Å². The van der Waals surface area contributed by atoms with Crippen LogP contribution in [-0.2, 0) is 10.2 Å². The first-order valence-corrected chi connectivity index (χ1v) is 7.76. The van der Waals surface area contributed by atoms with Gasteiger partial charge in [-0.25, -0.2) is 13.9 Å². The first-order chi connectivity index (χ1) is 9.29. The molecule has 0 aliphatic carbocycles. The minimum atomic E-state index is -3.65. The Balaban J connectivity index is 2.04. The van der Waals surface area contributed by atoms with Crippen LogP contribution in [0.15, 0.2) is 18.2 Å². The molecule has 0 amide bonds. The van der Waals surface area contributed by atoms with Crippen molar-refractivity contribution in [2.45, 2.75) is 13.0 Å². The molecule has 0 saturated carbocycles. The lowest BCUT2D eigenvalue weighted by Crippen LogP contribution is -2.51. The third kappa shape index (κ3) is 3.32. The van der Waals surface area contributed by atoms with Crippen LogP contribution in [0.2, 0.25) is 0 Å². The summed E-state index contributed by atoms with van der Waals surface area (Å²) in [6.45, 7) is 3.46. The highest BCUT2D eigenvalue weighted by atomic mass is 32.2. The van der Waals surface area contributed by atoms with Crippen molar-refractivity contribution in [1.82, 2.24) is 9.21 Å². The van der Waals surface area contributed by atoms with Gasteiger partial charge in [0, 0.05) is 32.2 Å². The van der Waals surface area contributed by atoms with Crippen molar-refractivity contribution in [3.05, 3.63) is 35.4 Å². The summed E-state index contributed by atoms with van der Waals surface area (Å²) in [5.74, 6) is -1.75. The smallest absolute Gasteiger partial charge is 0.276 e. The van der Waals surface area contributed by atoms with Gasteiger partial charge in [0.05, 0.1) is 0 Å². The van der Waals surface area contributed by atoms with Crippen molar-refractivity contribution >= 4 is 10.2 Å². The van der Waals surface area contributed by atoms with Crippen LogP contribution in [-0.4, -0.2) is 43.8 Å². The maximum Gasteiger partial charge on any atom is 0.276 e. The number of nitrogens with two attached hydrogens (primary N) is 1. The molecular formula is C12H17F2N3O2S. The summed E-state index contributed by atoms with van der Waals surface area (Å²) in [7, 11) is -3.65. The van der Waals surface area contributed by atoms with Gasteiger partial charge in [0.2, 0.25) is 0 Å². The van der Waals surface area contributed by atoms with E-state index in [4.69, 9.17) is 5.14 Å². The zero-order valence-corrected chi connectivity index (χ0v) is 11.9. The summed E-state index contributed by atoms with van der Waals surface area (Å²) in [4.78, 5) is 2.01. The van der Waals surface area contributed by atoms with Gasteiger partial charge in [-0.2, -0.15) is 12.7 Å². The van der Waals surface area contributed by atoms with E-state index in [1.807, 2.05) is 11.8 Å². The number of halogens is 2. The van der Waals surface area contributed by atoms with E-state index in [-0.39, 0.29) is 6.04 Å². The van der Waals surface area contributed by atoms with E-state index in [0.29, 0.717) is 31.7 Å². The van der Waals surface area contributed by atoms with E-state index in [1.165, 1.54) is 16.4 Å². The molecule has 1 fully saturated rings. The largest absolute Gasteiger partial charge is 0.294 e. The van der Waals surface area contributed by atoms with Gasteiger partial charge in [-0.05, 0) is 24.6 Å². The van der Waals surface area contributed by atoms with Crippen LogP contribution in [0.5, 0.6) is 0 Å². The van der Waals surface area contributed by atoms with Gasteiger partial charge in [-0.15, -0.1) is 0 Å². The Morgan fingerprint density at radius 2 is 1.75 bits per heavy atom. The van der Waals surface area contributed by atoms with Crippen LogP contribution in [0.4, 0.5) is 8.78 Å². The average Bonchev–Trinajstić information content (AvgIpc) is 2.40. The Bertz CT molecular complexity index is 586. The standard InChI is InChI=1S/C12H17F2N3O2S/c1-9(10-2-3-11(13)12(14)8-10)16-4-6-17(7-5-16)20(15,18)19/h2-3,8-9H,4-7H2,1H3,(H2,15,18,19). The van der Waals surface area contributed by atoms with Crippen molar-refractivity contribution < 1.29 is 17.2 Å². The van der Waals surface area contributed by atoms with Crippen LogP contribution < -0.4 is 5.14 Å². The molecule has 20 heavy (non-hydrogen) atoms. The van der Waals surface area contributed by atoms with Crippen LogP contribution in [0.1, 0.15) is 18.5 Å². The van der Waals surface area contributed by atoms with E-state index in [0.717, 1.165) is 6.07 Å². The molecule has 1 aliphatic heterocycles. The van der Waals surface area contributed by atoms with Gasteiger partial charge >= 0.3 is 0 Å². The number of piperazine rings is 1. The predicted octanol–water partition coefficient (Wildman–Crippen LogP) is 0.847. The van der Waals surface area contributed by atoms with Crippen molar-refractivity contribution in [1.29, 1.82) is 0 Å². The molecule has 2 N–H and O–H groups in total. The molecule has 5 nitrogen and oxygen atoms in total. The third-order valence-electron chi connectivity index (χ3n) is 3.61. The molecule has 1 saturated heterocycles. The number of hydrogen-bond donors (Lipinski definition) is 1. The normalized spacial score (nSPS) is 20.0. The quantitative estimate of drug-likeness (QED) is 0.900. The van der Waals surface area contributed by atoms with Crippen molar-refractivity contribution in [2.24, 2.45) is 5.14 Å². The summed E-state index contributed by atoms with van der Waals surface area (Å²) in [6, 6.07) is 3.69. The topological polar surface area (TPSA) is 66.6 Å². The maximum absolute atomic E-state index is 13.2. The Kier molecular flexibility index (Phi) is 4.38. The van der Waals surface area contributed by atoms with E-state index in [9.17, 15) is 17.2 Å². The fraction of sp³-hybridized carbons (Fsp3) is 0.500. The molecule has 1 atom stereocenters. The summed E-state index contributed by atoms with van der Waals surface area (Å²) in [5, 5.41) is 5.07. The highest BCUT2D eigenvalue weighted by molar-refractivity contribution is 7.86. The predicted molar refractivity (Wildman–Crippen MR) is 71.0 cm³/mol. The number of nitrogens with zero attached hydrogens (tertiary/aromatic N) is 2. The molecule has 1 aromatic carbocycles. The molecule has 0 radical (unpaired) electrons. The van der Waals surface area contributed by atoms with Gasteiger partial charge in [0.1, 0.15) is 0 Å². The number of rotatable bonds is 3. The zero-order chi connectivity index (χ0) is 14.9. The van der Waals surface area contributed by atoms with Gasteiger partial charge in [-0.1, -0.05) is 6.07 Å². The summed E-state index contributed by atoms with van der Waals surface area (Å²) < 4.78 is 49.8. The van der Waals surface area contributed by atoms with Crippen molar-refractivity contribution in [3.63, 3.8) is 0 Å². The van der Waals surface area contributed by atoms with Gasteiger partial charge in [-0.3, -0.25) is 4.90 Å². The summed E-state index contributed by atoms with van der Waals surface area (Å²) in [5.41, 5.74) is 0.660. The molecule has 1 heterocycles. The molecule has 1 aliphatic rings. The lowest BCUT2D eigenvalue weighted by atomic mass is 10.1. The summed E-state index contributed by atoms with van der Waals surface area (Å²) in [6.07, 6.45) is 0. The minimum Gasteiger partial charge on any atom is -0.294 e. The fourth-order valence-corrected chi connectivity index (χ4v) is 3.00. The second-order valence-corrected chi connectivity index (χ2v) is 6.38. The zero-order valence-electron chi connectivity index (χ0n) is 11.1. The average molecular weight is 305 g/mol. The van der Waals surface area contributed by atoms with E-state index < -0.39 is 21.8 Å². The molecule has 0 bridgehead atoms. The van der Waals surface area contributed by atoms with Crippen LogP contribution in [0.25, 0.3) is 0 Å². The van der Waals surface area contributed by atoms with E-state index >= 15 is 0 Å². The molecule has 112 valence electrons. The fourth-order valence-electron chi connectivity index (χ4n) is 2.33. The molecule has 0 aromatic heterocycles. The van der Waals surface area contributed by atoms with Crippen LogP contribution in [0.3, 0.4) is 0 Å².